The first-order valence-corrected chi connectivity index (χ1v) is 4.56. The predicted molar refractivity (Wildman–Crippen MR) is 59.4 cm³/mol. The number of para-hydroxylation sites is 1. The molecule has 15 heavy (non-hydrogen) atoms. The fraction of sp³-hybridized carbons (Fsp3) is 0.0909. The molecule has 0 radical (unpaired) electrons. The molecule has 4 N–H and O–H groups in total. The number of rotatable bonds is 1. The van der Waals surface area contributed by atoms with Gasteiger partial charge in [-0.25, -0.2) is 4.98 Å². The molecule has 0 atom stereocenters. The minimum Gasteiger partial charge on any atom is -0.383 e. The molecule has 0 aliphatic heterocycles. The number of carbonyl (C=O) groups excluding carboxylic acids is 1. The Morgan fingerprint density at radius 3 is 2.67 bits per heavy atom. The third-order valence-corrected chi connectivity index (χ3v) is 2.43. The summed E-state index contributed by atoms with van der Waals surface area (Å²) in [5.74, 6) is -0.345. The molecule has 0 aliphatic rings. The van der Waals surface area contributed by atoms with Gasteiger partial charge in [0, 0.05) is 5.39 Å². The molecule has 0 bridgehead atoms. The molecular formula is C11H11N3O. The zero-order valence-electron chi connectivity index (χ0n) is 8.32. The van der Waals surface area contributed by atoms with Crippen LogP contribution in [-0.2, 0) is 0 Å². The first-order chi connectivity index (χ1) is 7.11. The third kappa shape index (κ3) is 1.40. The van der Waals surface area contributed by atoms with E-state index in [0.29, 0.717) is 5.56 Å². The number of carbonyl (C=O) groups is 1. The summed E-state index contributed by atoms with van der Waals surface area (Å²) >= 11 is 0. The van der Waals surface area contributed by atoms with E-state index in [1.807, 2.05) is 31.2 Å². The van der Waals surface area contributed by atoms with E-state index in [2.05, 4.69) is 4.98 Å². The van der Waals surface area contributed by atoms with Crippen LogP contribution in [0.4, 0.5) is 5.82 Å². The topological polar surface area (TPSA) is 82.0 Å². The minimum atomic E-state index is -0.539. The Balaban J connectivity index is 2.90. The summed E-state index contributed by atoms with van der Waals surface area (Å²) in [5.41, 5.74) is 12.8. The van der Waals surface area contributed by atoms with Crippen molar-refractivity contribution < 1.29 is 4.79 Å². The second-order valence-corrected chi connectivity index (χ2v) is 3.38. The van der Waals surface area contributed by atoms with Gasteiger partial charge in [0.1, 0.15) is 5.82 Å². The zero-order valence-corrected chi connectivity index (χ0v) is 8.32. The number of hydrogen-bond acceptors (Lipinski definition) is 3. The van der Waals surface area contributed by atoms with E-state index in [1.165, 1.54) is 0 Å². The lowest BCUT2D eigenvalue weighted by molar-refractivity contribution is 0.100. The van der Waals surface area contributed by atoms with Crippen molar-refractivity contribution in [1.82, 2.24) is 4.98 Å². The van der Waals surface area contributed by atoms with Crippen LogP contribution in [-0.4, -0.2) is 10.9 Å². The number of nitrogen functional groups attached to an aromatic ring is 1. The van der Waals surface area contributed by atoms with Crippen molar-refractivity contribution >= 4 is 22.6 Å². The molecular weight excluding hydrogens is 190 g/mol. The standard InChI is InChI=1S/C11H11N3O/c1-6-7-4-2-3-5-8(7)14-10(12)9(6)11(13)15/h2-5H,1H3,(H2,12,14)(H2,13,15). The van der Waals surface area contributed by atoms with Crippen LogP contribution in [0.5, 0.6) is 0 Å². The van der Waals surface area contributed by atoms with Crippen LogP contribution in [0.2, 0.25) is 0 Å². The first-order valence-electron chi connectivity index (χ1n) is 4.56. The predicted octanol–water partition coefficient (Wildman–Crippen LogP) is 1.22. The highest BCUT2D eigenvalue weighted by Crippen LogP contribution is 2.23. The number of fused-ring (bicyclic) bond motifs is 1. The first kappa shape index (κ1) is 9.45. The molecule has 1 aromatic carbocycles. The third-order valence-electron chi connectivity index (χ3n) is 2.43. The highest BCUT2D eigenvalue weighted by Gasteiger charge is 2.13. The summed E-state index contributed by atoms with van der Waals surface area (Å²) in [5, 5.41) is 0.903. The maximum Gasteiger partial charge on any atom is 0.252 e. The van der Waals surface area contributed by atoms with Crippen LogP contribution in [0.15, 0.2) is 24.3 Å². The average Bonchev–Trinajstić information content (AvgIpc) is 2.17. The SMILES string of the molecule is Cc1c(C(N)=O)c(N)nc2ccccc12. The molecule has 0 saturated carbocycles. The Morgan fingerprint density at radius 1 is 1.33 bits per heavy atom. The van der Waals surface area contributed by atoms with Gasteiger partial charge in [0.2, 0.25) is 0 Å². The monoisotopic (exact) mass is 201 g/mol. The van der Waals surface area contributed by atoms with Gasteiger partial charge in [-0.2, -0.15) is 0 Å². The number of nitrogens with zero attached hydrogens (tertiary/aromatic N) is 1. The van der Waals surface area contributed by atoms with E-state index in [-0.39, 0.29) is 5.82 Å². The van der Waals surface area contributed by atoms with E-state index in [1.54, 1.807) is 0 Å². The molecule has 2 rings (SSSR count). The Labute approximate surface area is 86.9 Å². The number of nitrogens with two attached hydrogens (primary N) is 2. The van der Waals surface area contributed by atoms with Crippen molar-refractivity contribution in [2.45, 2.75) is 6.92 Å². The van der Waals surface area contributed by atoms with E-state index in [4.69, 9.17) is 11.5 Å². The zero-order chi connectivity index (χ0) is 11.0. The Morgan fingerprint density at radius 2 is 2.00 bits per heavy atom. The molecule has 0 fully saturated rings. The Bertz CT molecular complexity index is 549. The molecule has 76 valence electrons. The molecule has 0 saturated heterocycles. The van der Waals surface area contributed by atoms with E-state index in [0.717, 1.165) is 16.5 Å². The summed E-state index contributed by atoms with van der Waals surface area (Å²) in [6, 6.07) is 7.50. The van der Waals surface area contributed by atoms with E-state index >= 15 is 0 Å². The van der Waals surface area contributed by atoms with Gasteiger partial charge in [-0.1, -0.05) is 18.2 Å². The van der Waals surface area contributed by atoms with Crippen molar-refractivity contribution in [3.8, 4) is 0 Å². The van der Waals surface area contributed by atoms with Crippen molar-refractivity contribution in [2.24, 2.45) is 5.73 Å². The summed E-state index contributed by atoms with van der Waals surface area (Å²) in [6.45, 7) is 1.82. The fourth-order valence-corrected chi connectivity index (χ4v) is 1.71. The smallest absolute Gasteiger partial charge is 0.252 e. The molecule has 0 aliphatic carbocycles. The van der Waals surface area contributed by atoms with Crippen LogP contribution in [0, 0.1) is 6.92 Å². The van der Waals surface area contributed by atoms with Crippen molar-refractivity contribution in [2.75, 3.05) is 5.73 Å². The van der Waals surface area contributed by atoms with Gasteiger partial charge in [0.05, 0.1) is 11.1 Å². The van der Waals surface area contributed by atoms with Crippen molar-refractivity contribution in [3.63, 3.8) is 0 Å². The van der Waals surface area contributed by atoms with E-state index < -0.39 is 5.91 Å². The van der Waals surface area contributed by atoms with Crippen LogP contribution in [0.1, 0.15) is 15.9 Å². The summed E-state index contributed by atoms with van der Waals surface area (Å²) in [4.78, 5) is 15.3. The number of primary amides is 1. The normalized spacial score (nSPS) is 10.5. The van der Waals surface area contributed by atoms with Crippen LogP contribution in [0.25, 0.3) is 10.9 Å². The number of aromatic nitrogens is 1. The lowest BCUT2D eigenvalue weighted by atomic mass is 10.0. The minimum absolute atomic E-state index is 0.193. The largest absolute Gasteiger partial charge is 0.383 e. The molecule has 2 aromatic rings. The lowest BCUT2D eigenvalue weighted by Gasteiger charge is -2.08. The van der Waals surface area contributed by atoms with Crippen LogP contribution in [0.3, 0.4) is 0 Å². The molecule has 0 unspecified atom stereocenters. The molecule has 4 nitrogen and oxygen atoms in total. The molecule has 1 aromatic heterocycles. The van der Waals surface area contributed by atoms with Gasteiger partial charge in [0.25, 0.3) is 5.91 Å². The molecule has 1 heterocycles. The average molecular weight is 201 g/mol. The van der Waals surface area contributed by atoms with Gasteiger partial charge in [-0.05, 0) is 18.6 Å². The lowest BCUT2D eigenvalue weighted by Crippen LogP contribution is -2.16. The quantitative estimate of drug-likeness (QED) is 0.727. The number of pyridine rings is 1. The summed E-state index contributed by atoms with van der Waals surface area (Å²) in [7, 11) is 0. The summed E-state index contributed by atoms with van der Waals surface area (Å²) in [6.07, 6.45) is 0. The Kier molecular flexibility index (Phi) is 2.04. The van der Waals surface area contributed by atoms with Gasteiger partial charge in [0.15, 0.2) is 0 Å². The number of amides is 1. The molecule has 0 spiro atoms. The van der Waals surface area contributed by atoms with Gasteiger partial charge < -0.3 is 11.5 Å². The number of benzene rings is 1. The highest BCUT2D eigenvalue weighted by atomic mass is 16.1. The second kappa shape index (κ2) is 3.24. The number of aryl methyl sites for hydroxylation is 1. The van der Waals surface area contributed by atoms with Crippen molar-refractivity contribution in [3.05, 3.63) is 35.4 Å². The summed E-state index contributed by atoms with van der Waals surface area (Å²) < 4.78 is 0. The maximum absolute atomic E-state index is 11.2. The molecule has 4 heteroatoms. The van der Waals surface area contributed by atoms with Gasteiger partial charge >= 0.3 is 0 Å². The van der Waals surface area contributed by atoms with E-state index in [9.17, 15) is 4.79 Å². The second-order valence-electron chi connectivity index (χ2n) is 3.38. The highest BCUT2D eigenvalue weighted by molar-refractivity contribution is 6.03. The number of anilines is 1. The van der Waals surface area contributed by atoms with Gasteiger partial charge in [-0.3, -0.25) is 4.79 Å². The van der Waals surface area contributed by atoms with Crippen molar-refractivity contribution in [1.29, 1.82) is 0 Å². The van der Waals surface area contributed by atoms with Gasteiger partial charge in [-0.15, -0.1) is 0 Å². The molecule has 1 amide bonds. The fourth-order valence-electron chi connectivity index (χ4n) is 1.71. The van der Waals surface area contributed by atoms with Crippen LogP contribution < -0.4 is 11.5 Å². The number of hydrogen-bond donors (Lipinski definition) is 2. The van der Waals surface area contributed by atoms with Crippen LogP contribution >= 0.6 is 0 Å². The maximum atomic E-state index is 11.2. The Hall–Kier alpha value is -2.10.